The van der Waals surface area contributed by atoms with Crippen molar-refractivity contribution in [2.45, 2.75) is 13.1 Å². The number of rotatable bonds is 6. The fraction of sp³-hybridized carbons (Fsp3) is 0.235. The zero-order valence-electron chi connectivity index (χ0n) is 13.5. The molecule has 0 aliphatic heterocycles. The van der Waals surface area contributed by atoms with Crippen LogP contribution < -0.4 is 16.0 Å². The van der Waals surface area contributed by atoms with Gasteiger partial charge in [-0.1, -0.05) is 36.4 Å². The molecule has 0 saturated carbocycles. The number of amides is 1. The molecule has 0 aliphatic carbocycles. The van der Waals surface area contributed by atoms with E-state index in [-0.39, 0.29) is 36.4 Å². The minimum Gasteiger partial charge on any atom is -0.351 e. The number of pyridine rings is 1. The molecule has 0 spiro atoms. The highest BCUT2D eigenvalue weighted by atomic mass is 127. The Labute approximate surface area is 159 Å². The minimum absolute atomic E-state index is 0. The lowest BCUT2D eigenvalue weighted by atomic mass is 10.2. The molecule has 1 amide bonds. The Balaban J connectivity index is 0.00000288. The largest absolute Gasteiger partial charge is 0.351 e. The van der Waals surface area contributed by atoms with Gasteiger partial charge < -0.3 is 16.0 Å². The van der Waals surface area contributed by atoms with Crippen molar-refractivity contribution in [3.63, 3.8) is 0 Å². The Morgan fingerprint density at radius 2 is 1.75 bits per heavy atom. The summed E-state index contributed by atoms with van der Waals surface area (Å²) in [5.41, 5.74) is 1.97. The molecule has 0 saturated heterocycles. The van der Waals surface area contributed by atoms with Gasteiger partial charge in [0.05, 0.1) is 18.8 Å². The Hall–Kier alpha value is -2.16. The SMILES string of the molecule is CN=C(NCC(=O)NCc1ccccc1)NCc1ccccn1.I. The maximum Gasteiger partial charge on any atom is 0.239 e. The van der Waals surface area contributed by atoms with Gasteiger partial charge >= 0.3 is 0 Å². The van der Waals surface area contributed by atoms with Gasteiger partial charge in [-0.05, 0) is 17.7 Å². The van der Waals surface area contributed by atoms with Crippen LogP contribution in [0.1, 0.15) is 11.3 Å². The highest BCUT2D eigenvalue weighted by molar-refractivity contribution is 14.0. The third kappa shape index (κ3) is 7.40. The highest BCUT2D eigenvalue weighted by Crippen LogP contribution is 1.96. The zero-order chi connectivity index (χ0) is 16.3. The number of guanidine groups is 1. The summed E-state index contributed by atoms with van der Waals surface area (Å²) >= 11 is 0. The summed E-state index contributed by atoms with van der Waals surface area (Å²) in [4.78, 5) is 20.1. The molecular weight excluding hydrogens is 417 g/mol. The lowest BCUT2D eigenvalue weighted by Crippen LogP contribution is -2.42. The quantitative estimate of drug-likeness (QED) is 0.364. The highest BCUT2D eigenvalue weighted by Gasteiger charge is 2.03. The number of nitrogens with zero attached hydrogens (tertiary/aromatic N) is 2. The molecule has 0 unspecified atom stereocenters. The summed E-state index contributed by atoms with van der Waals surface area (Å²) in [6.45, 7) is 1.22. The molecule has 3 N–H and O–H groups in total. The first-order valence-corrected chi connectivity index (χ1v) is 7.43. The minimum atomic E-state index is -0.0883. The molecule has 0 radical (unpaired) electrons. The van der Waals surface area contributed by atoms with Crippen LogP contribution in [-0.2, 0) is 17.9 Å². The number of hydrogen-bond donors (Lipinski definition) is 3. The molecule has 0 aliphatic rings. The number of aliphatic imine (C=N–C) groups is 1. The van der Waals surface area contributed by atoms with Gasteiger partial charge in [0.1, 0.15) is 0 Å². The van der Waals surface area contributed by atoms with Crippen molar-refractivity contribution in [2.24, 2.45) is 4.99 Å². The lowest BCUT2D eigenvalue weighted by molar-refractivity contribution is -0.120. The lowest BCUT2D eigenvalue weighted by Gasteiger charge is -2.11. The molecule has 0 fully saturated rings. The van der Waals surface area contributed by atoms with Crippen LogP contribution >= 0.6 is 24.0 Å². The van der Waals surface area contributed by atoms with Crippen LogP contribution in [0.4, 0.5) is 0 Å². The molecule has 0 bridgehead atoms. The van der Waals surface area contributed by atoms with Crippen LogP contribution in [0.2, 0.25) is 0 Å². The van der Waals surface area contributed by atoms with Crippen molar-refractivity contribution in [2.75, 3.05) is 13.6 Å². The smallest absolute Gasteiger partial charge is 0.239 e. The molecular formula is C17H22IN5O. The summed E-state index contributed by atoms with van der Waals surface area (Å²) in [7, 11) is 1.66. The van der Waals surface area contributed by atoms with E-state index in [9.17, 15) is 4.79 Å². The van der Waals surface area contributed by atoms with Crippen LogP contribution in [-0.4, -0.2) is 30.4 Å². The first kappa shape index (κ1) is 19.9. The van der Waals surface area contributed by atoms with Crippen molar-refractivity contribution < 1.29 is 4.79 Å². The third-order valence-corrected chi connectivity index (χ3v) is 3.14. The number of hydrogen-bond acceptors (Lipinski definition) is 3. The first-order valence-electron chi connectivity index (χ1n) is 7.43. The second-order valence-corrected chi connectivity index (χ2v) is 4.86. The van der Waals surface area contributed by atoms with Crippen LogP contribution in [0.5, 0.6) is 0 Å². The topological polar surface area (TPSA) is 78.4 Å². The number of halogens is 1. The summed E-state index contributed by atoms with van der Waals surface area (Å²) in [5, 5.41) is 8.94. The Bertz CT molecular complexity index is 634. The van der Waals surface area contributed by atoms with Crippen LogP contribution in [0.15, 0.2) is 59.7 Å². The molecule has 1 heterocycles. The number of aromatic nitrogens is 1. The normalized spacial score (nSPS) is 10.5. The number of nitrogens with one attached hydrogen (secondary N) is 3. The molecule has 1 aromatic carbocycles. The van der Waals surface area contributed by atoms with Crippen molar-refractivity contribution in [3.05, 3.63) is 66.0 Å². The molecule has 1 aromatic heterocycles. The molecule has 6 nitrogen and oxygen atoms in total. The van der Waals surface area contributed by atoms with E-state index in [0.29, 0.717) is 19.0 Å². The summed E-state index contributed by atoms with van der Waals surface area (Å²) in [5.74, 6) is 0.472. The van der Waals surface area contributed by atoms with Gasteiger partial charge in [0.25, 0.3) is 0 Å². The van der Waals surface area contributed by atoms with Crippen molar-refractivity contribution in [3.8, 4) is 0 Å². The molecule has 128 valence electrons. The predicted molar refractivity (Wildman–Crippen MR) is 106 cm³/mol. The number of carbonyl (C=O) groups excluding carboxylic acids is 1. The van der Waals surface area contributed by atoms with Gasteiger partial charge in [-0.2, -0.15) is 0 Å². The van der Waals surface area contributed by atoms with E-state index in [1.807, 2.05) is 48.5 Å². The summed E-state index contributed by atoms with van der Waals surface area (Å²) in [6, 6.07) is 15.5. The van der Waals surface area contributed by atoms with E-state index < -0.39 is 0 Å². The van der Waals surface area contributed by atoms with Crippen LogP contribution in [0.3, 0.4) is 0 Å². The average molecular weight is 439 g/mol. The molecule has 24 heavy (non-hydrogen) atoms. The van der Waals surface area contributed by atoms with Crippen molar-refractivity contribution in [1.82, 2.24) is 20.9 Å². The maximum absolute atomic E-state index is 11.8. The Morgan fingerprint density at radius 1 is 1.00 bits per heavy atom. The van der Waals surface area contributed by atoms with E-state index in [1.165, 1.54) is 0 Å². The van der Waals surface area contributed by atoms with E-state index in [0.717, 1.165) is 11.3 Å². The molecule has 2 aromatic rings. The third-order valence-electron chi connectivity index (χ3n) is 3.14. The number of carbonyl (C=O) groups is 1. The number of benzene rings is 1. The van der Waals surface area contributed by atoms with E-state index >= 15 is 0 Å². The van der Waals surface area contributed by atoms with Crippen LogP contribution in [0, 0.1) is 0 Å². The van der Waals surface area contributed by atoms with Gasteiger partial charge in [0.15, 0.2) is 5.96 Å². The summed E-state index contributed by atoms with van der Waals surface area (Å²) < 4.78 is 0. The first-order chi connectivity index (χ1) is 11.3. The van der Waals surface area contributed by atoms with Crippen molar-refractivity contribution >= 4 is 35.8 Å². The van der Waals surface area contributed by atoms with E-state index in [4.69, 9.17) is 0 Å². The maximum atomic E-state index is 11.8. The Morgan fingerprint density at radius 3 is 2.42 bits per heavy atom. The molecule has 0 atom stereocenters. The molecule has 2 rings (SSSR count). The van der Waals surface area contributed by atoms with E-state index in [2.05, 4.69) is 25.9 Å². The fourth-order valence-corrected chi connectivity index (χ4v) is 1.92. The average Bonchev–Trinajstić information content (AvgIpc) is 2.62. The monoisotopic (exact) mass is 439 g/mol. The summed E-state index contributed by atoms with van der Waals surface area (Å²) in [6.07, 6.45) is 1.74. The van der Waals surface area contributed by atoms with Gasteiger partial charge in [-0.25, -0.2) is 0 Å². The van der Waals surface area contributed by atoms with E-state index in [1.54, 1.807) is 13.2 Å². The van der Waals surface area contributed by atoms with Crippen molar-refractivity contribution in [1.29, 1.82) is 0 Å². The predicted octanol–water partition coefficient (Wildman–Crippen LogP) is 1.68. The van der Waals surface area contributed by atoms with Gasteiger partial charge in [-0.3, -0.25) is 14.8 Å². The van der Waals surface area contributed by atoms with Gasteiger partial charge in [-0.15, -0.1) is 24.0 Å². The standard InChI is InChI=1S/C17H21N5O.HI/c1-18-17(21-12-15-9-5-6-10-19-15)22-13-16(23)20-11-14-7-3-2-4-8-14;/h2-10H,11-13H2,1H3,(H,20,23)(H2,18,21,22);1H. The zero-order valence-corrected chi connectivity index (χ0v) is 15.9. The van der Waals surface area contributed by atoms with Crippen LogP contribution in [0.25, 0.3) is 0 Å². The van der Waals surface area contributed by atoms with Gasteiger partial charge in [0, 0.05) is 19.8 Å². The Kier molecular flexibility index (Phi) is 9.44. The second-order valence-electron chi connectivity index (χ2n) is 4.86. The molecule has 7 heteroatoms. The van der Waals surface area contributed by atoms with Gasteiger partial charge in [0.2, 0.25) is 5.91 Å². The fourth-order valence-electron chi connectivity index (χ4n) is 1.92. The second kappa shape index (κ2) is 11.4.